The lowest BCUT2D eigenvalue weighted by Crippen LogP contribution is -2.60. The fourth-order valence-electron chi connectivity index (χ4n) is 4.60. The molecule has 2 heterocycles. The summed E-state index contributed by atoms with van der Waals surface area (Å²) in [5, 5.41) is 0. The van der Waals surface area contributed by atoms with Gasteiger partial charge in [0.1, 0.15) is 5.60 Å². The minimum absolute atomic E-state index is 0.256. The van der Waals surface area contributed by atoms with Crippen LogP contribution in [0.1, 0.15) is 53.4 Å². The largest absolute Gasteiger partial charge is 0.365 e. The summed E-state index contributed by atoms with van der Waals surface area (Å²) in [6, 6.07) is 1.74. The predicted octanol–water partition coefficient (Wildman–Crippen LogP) is 2.32. The molecule has 0 aromatic rings. The maximum Gasteiger partial charge on any atom is 0.161 e. The number of ether oxygens (including phenoxy) is 1. The molecule has 1 aliphatic carbocycles. The summed E-state index contributed by atoms with van der Waals surface area (Å²) in [6.45, 7) is 12.8. The van der Waals surface area contributed by atoms with Gasteiger partial charge < -0.3 is 4.74 Å². The number of hydrogen-bond donors (Lipinski definition) is 0. The number of Topliss-reactive ketones (excluding diaryl/α,β-unsaturated/α-hetero) is 1. The Morgan fingerprint density at radius 2 is 1.95 bits per heavy atom. The molecule has 1 unspecified atom stereocenters. The van der Waals surface area contributed by atoms with Crippen LogP contribution in [0.15, 0.2) is 0 Å². The highest BCUT2D eigenvalue weighted by atomic mass is 16.5. The summed E-state index contributed by atoms with van der Waals surface area (Å²) in [5.74, 6) is 0.758. The topological polar surface area (TPSA) is 32.8 Å². The van der Waals surface area contributed by atoms with Gasteiger partial charge in [-0.25, -0.2) is 0 Å². The molecule has 2 saturated heterocycles. The molecule has 0 N–H and O–H groups in total. The fourth-order valence-corrected chi connectivity index (χ4v) is 4.60. The Morgan fingerprint density at radius 1 is 1.23 bits per heavy atom. The molecule has 0 spiro atoms. The smallest absolute Gasteiger partial charge is 0.161 e. The molecule has 3 aliphatic rings. The molecule has 0 aromatic carbocycles. The monoisotopic (exact) mass is 308 g/mol. The van der Waals surface area contributed by atoms with Crippen molar-refractivity contribution >= 4 is 5.78 Å². The Balaban J connectivity index is 1.57. The van der Waals surface area contributed by atoms with Crippen molar-refractivity contribution in [3.05, 3.63) is 0 Å². The Labute approximate surface area is 135 Å². The van der Waals surface area contributed by atoms with Crippen LogP contribution < -0.4 is 0 Å². The van der Waals surface area contributed by atoms with E-state index >= 15 is 0 Å². The van der Waals surface area contributed by atoms with Crippen molar-refractivity contribution in [2.45, 2.75) is 77.1 Å². The van der Waals surface area contributed by atoms with Crippen LogP contribution >= 0.6 is 0 Å². The maximum atomic E-state index is 12.1. The van der Waals surface area contributed by atoms with Gasteiger partial charge in [0.2, 0.25) is 0 Å². The lowest BCUT2D eigenvalue weighted by Gasteiger charge is -2.48. The average molecular weight is 308 g/mol. The number of hydrogen-bond acceptors (Lipinski definition) is 4. The molecular formula is C18H32N2O2. The molecule has 4 heteroatoms. The average Bonchev–Trinajstić information content (AvgIpc) is 3.31. The minimum Gasteiger partial charge on any atom is -0.365 e. The second kappa shape index (κ2) is 6.21. The van der Waals surface area contributed by atoms with E-state index in [1.54, 1.807) is 6.92 Å². The van der Waals surface area contributed by atoms with E-state index in [1.807, 2.05) is 0 Å². The second-order valence-corrected chi connectivity index (χ2v) is 7.90. The maximum absolute atomic E-state index is 12.1. The number of carbonyl (C=O) groups excluding carboxylic acids is 1. The molecule has 3 atom stereocenters. The van der Waals surface area contributed by atoms with E-state index < -0.39 is 5.60 Å². The van der Waals surface area contributed by atoms with Gasteiger partial charge >= 0.3 is 0 Å². The number of carbonyl (C=O) groups is 1. The van der Waals surface area contributed by atoms with Gasteiger partial charge in [0.15, 0.2) is 5.78 Å². The lowest BCUT2D eigenvalue weighted by molar-refractivity contribution is -0.162. The molecule has 0 amide bonds. The lowest BCUT2D eigenvalue weighted by atomic mass is 9.83. The highest BCUT2D eigenvalue weighted by Gasteiger charge is 2.52. The van der Waals surface area contributed by atoms with Gasteiger partial charge in [0.25, 0.3) is 0 Å². The van der Waals surface area contributed by atoms with E-state index in [2.05, 4.69) is 30.6 Å². The number of nitrogens with zero attached hydrogens (tertiary/aromatic N) is 2. The van der Waals surface area contributed by atoms with Crippen LogP contribution in [-0.4, -0.2) is 65.6 Å². The normalized spacial score (nSPS) is 38.4. The first-order valence-electron chi connectivity index (χ1n) is 9.09. The van der Waals surface area contributed by atoms with Gasteiger partial charge in [-0.1, -0.05) is 0 Å². The van der Waals surface area contributed by atoms with E-state index in [0.29, 0.717) is 24.0 Å². The van der Waals surface area contributed by atoms with Crippen molar-refractivity contribution < 1.29 is 9.53 Å². The first-order valence-corrected chi connectivity index (χ1v) is 9.09. The van der Waals surface area contributed by atoms with Crippen LogP contribution in [0.2, 0.25) is 0 Å². The van der Waals surface area contributed by atoms with Crippen molar-refractivity contribution in [1.29, 1.82) is 0 Å². The van der Waals surface area contributed by atoms with Crippen LogP contribution in [0, 0.1) is 5.92 Å². The van der Waals surface area contributed by atoms with E-state index in [1.165, 1.54) is 12.8 Å². The quantitative estimate of drug-likeness (QED) is 0.798. The van der Waals surface area contributed by atoms with Crippen LogP contribution in [0.5, 0.6) is 0 Å². The molecule has 1 saturated carbocycles. The Morgan fingerprint density at radius 3 is 2.41 bits per heavy atom. The van der Waals surface area contributed by atoms with Crippen molar-refractivity contribution in [1.82, 2.24) is 9.80 Å². The molecule has 0 bridgehead atoms. The summed E-state index contributed by atoms with van der Waals surface area (Å²) in [6.07, 6.45) is 4.39. The molecule has 0 aromatic heterocycles. The Hall–Kier alpha value is -0.450. The van der Waals surface area contributed by atoms with Crippen molar-refractivity contribution in [2.75, 3.05) is 26.2 Å². The van der Waals surface area contributed by atoms with Crippen molar-refractivity contribution in [3.63, 3.8) is 0 Å². The summed E-state index contributed by atoms with van der Waals surface area (Å²) in [4.78, 5) is 17.3. The third kappa shape index (κ3) is 2.98. The second-order valence-electron chi connectivity index (χ2n) is 7.90. The van der Waals surface area contributed by atoms with Gasteiger partial charge in [-0.2, -0.15) is 0 Å². The van der Waals surface area contributed by atoms with Gasteiger partial charge in [-0.15, -0.1) is 0 Å². The summed E-state index contributed by atoms with van der Waals surface area (Å²) < 4.78 is 6.22. The SMILES string of the molecule is CC(=O)[C@@]1(C2CC2)CC[C@@H](N2CCN(C(C)C)C(C)C2)CO1. The van der Waals surface area contributed by atoms with Crippen LogP contribution in [0.3, 0.4) is 0 Å². The van der Waals surface area contributed by atoms with Gasteiger partial charge in [0, 0.05) is 37.8 Å². The molecule has 126 valence electrons. The third-order valence-corrected chi connectivity index (χ3v) is 6.10. The van der Waals surface area contributed by atoms with Gasteiger partial charge in [-0.3, -0.25) is 14.6 Å². The highest BCUT2D eigenvalue weighted by molar-refractivity contribution is 5.86. The predicted molar refractivity (Wildman–Crippen MR) is 88.0 cm³/mol. The van der Waals surface area contributed by atoms with Gasteiger partial charge in [0.05, 0.1) is 6.61 Å². The van der Waals surface area contributed by atoms with Gasteiger partial charge in [-0.05, 0) is 59.3 Å². The molecular weight excluding hydrogens is 276 g/mol. The number of rotatable bonds is 4. The fraction of sp³-hybridized carbons (Fsp3) is 0.944. The van der Waals surface area contributed by atoms with E-state index in [9.17, 15) is 4.79 Å². The van der Waals surface area contributed by atoms with E-state index in [4.69, 9.17) is 4.74 Å². The van der Waals surface area contributed by atoms with Crippen molar-refractivity contribution in [3.8, 4) is 0 Å². The highest BCUT2D eigenvalue weighted by Crippen LogP contribution is 2.47. The molecule has 3 fully saturated rings. The standard InChI is InChI=1S/C18H32N2O2/c1-13(2)20-10-9-19(11-14(20)3)17-7-8-18(15(4)21,22-12-17)16-5-6-16/h13-14,16-17H,5-12H2,1-4H3/t14?,17-,18-/m1/s1. The zero-order valence-electron chi connectivity index (χ0n) is 14.7. The Kier molecular flexibility index (Phi) is 4.64. The van der Waals surface area contributed by atoms with E-state index in [0.717, 1.165) is 39.1 Å². The first kappa shape index (κ1) is 16.4. The van der Waals surface area contributed by atoms with Crippen LogP contribution in [-0.2, 0) is 9.53 Å². The molecule has 3 rings (SSSR count). The zero-order chi connectivity index (χ0) is 15.9. The van der Waals surface area contributed by atoms with Crippen molar-refractivity contribution in [2.24, 2.45) is 5.92 Å². The molecule has 0 radical (unpaired) electrons. The molecule has 2 aliphatic heterocycles. The first-order chi connectivity index (χ1) is 10.4. The summed E-state index contributed by atoms with van der Waals surface area (Å²) >= 11 is 0. The molecule has 4 nitrogen and oxygen atoms in total. The number of ketones is 1. The van der Waals surface area contributed by atoms with E-state index in [-0.39, 0.29) is 5.78 Å². The zero-order valence-corrected chi connectivity index (χ0v) is 14.7. The molecule has 22 heavy (non-hydrogen) atoms. The third-order valence-electron chi connectivity index (χ3n) is 6.10. The Bertz CT molecular complexity index is 411. The van der Waals surface area contributed by atoms with Crippen LogP contribution in [0.4, 0.5) is 0 Å². The summed E-state index contributed by atoms with van der Waals surface area (Å²) in [7, 11) is 0. The summed E-state index contributed by atoms with van der Waals surface area (Å²) in [5.41, 5.74) is -0.429. The minimum atomic E-state index is -0.429. The van der Waals surface area contributed by atoms with Crippen LogP contribution in [0.25, 0.3) is 0 Å². The number of piperazine rings is 1.